The van der Waals surface area contributed by atoms with E-state index in [4.69, 9.17) is 4.74 Å². The lowest BCUT2D eigenvalue weighted by atomic mass is 10.0. The molecule has 0 saturated carbocycles. The van der Waals surface area contributed by atoms with E-state index in [1.165, 1.54) is 0 Å². The Labute approximate surface area is 157 Å². The van der Waals surface area contributed by atoms with E-state index in [0.717, 1.165) is 32.7 Å². The number of rotatable bonds is 6. The summed E-state index contributed by atoms with van der Waals surface area (Å²) in [4.78, 5) is 11.7. The van der Waals surface area contributed by atoms with Crippen molar-refractivity contribution in [3.05, 3.63) is 96.1 Å². The molecule has 0 aliphatic rings. The molecule has 0 bridgehead atoms. The quantitative estimate of drug-likeness (QED) is 0.516. The van der Waals surface area contributed by atoms with Crippen molar-refractivity contribution < 1.29 is 14.6 Å². The highest BCUT2D eigenvalue weighted by atomic mass is 16.5. The second-order valence-electron chi connectivity index (χ2n) is 6.71. The van der Waals surface area contributed by atoms with E-state index < -0.39 is 12.1 Å². The standard InChI is InChI=1S/C24H20O3/c25-24(26)23(15-17-9-11-19-5-1-3-7-21(19)13-17)27-16-18-10-12-20-6-2-4-8-22(20)14-18/h1-14,23H,15-16H2,(H,25,26)/t23-/m1/s1. The van der Waals surface area contributed by atoms with Gasteiger partial charge >= 0.3 is 5.97 Å². The zero-order valence-corrected chi connectivity index (χ0v) is 14.8. The van der Waals surface area contributed by atoms with Crippen molar-refractivity contribution in [2.75, 3.05) is 0 Å². The molecule has 27 heavy (non-hydrogen) atoms. The van der Waals surface area contributed by atoms with Gasteiger partial charge in [0.25, 0.3) is 0 Å². The van der Waals surface area contributed by atoms with Gasteiger partial charge in [-0.3, -0.25) is 0 Å². The molecule has 0 aliphatic carbocycles. The fraction of sp³-hybridized carbons (Fsp3) is 0.125. The summed E-state index contributed by atoms with van der Waals surface area (Å²) in [6.45, 7) is 0.273. The minimum atomic E-state index is -0.941. The molecular formula is C24H20O3. The zero-order valence-electron chi connectivity index (χ0n) is 14.8. The highest BCUT2D eigenvalue weighted by Crippen LogP contribution is 2.19. The highest BCUT2D eigenvalue weighted by molar-refractivity contribution is 5.84. The van der Waals surface area contributed by atoms with E-state index in [1.807, 2.05) is 78.9 Å². The van der Waals surface area contributed by atoms with E-state index >= 15 is 0 Å². The number of fused-ring (bicyclic) bond motifs is 2. The Bertz CT molecular complexity index is 1100. The molecule has 0 saturated heterocycles. The normalized spacial score (nSPS) is 12.3. The third-order valence-electron chi connectivity index (χ3n) is 4.78. The fourth-order valence-corrected chi connectivity index (χ4v) is 3.32. The van der Waals surface area contributed by atoms with Crippen LogP contribution in [0.5, 0.6) is 0 Å². The van der Waals surface area contributed by atoms with Crippen LogP contribution in [0.25, 0.3) is 21.5 Å². The van der Waals surface area contributed by atoms with Crippen molar-refractivity contribution in [1.82, 2.24) is 0 Å². The average molecular weight is 356 g/mol. The molecule has 0 unspecified atom stereocenters. The monoisotopic (exact) mass is 356 g/mol. The van der Waals surface area contributed by atoms with E-state index in [0.29, 0.717) is 6.42 Å². The maximum Gasteiger partial charge on any atom is 0.333 e. The van der Waals surface area contributed by atoms with Crippen molar-refractivity contribution in [2.45, 2.75) is 19.1 Å². The van der Waals surface area contributed by atoms with Crippen molar-refractivity contribution in [2.24, 2.45) is 0 Å². The Morgan fingerprint density at radius 2 is 1.26 bits per heavy atom. The first kappa shape index (κ1) is 17.3. The molecule has 4 aromatic rings. The number of ether oxygens (including phenoxy) is 1. The predicted molar refractivity (Wildman–Crippen MR) is 108 cm³/mol. The van der Waals surface area contributed by atoms with Crippen LogP contribution in [0.3, 0.4) is 0 Å². The number of hydrogen-bond donors (Lipinski definition) is 1. The Morgan fingerprint density at radius 3 is 1.85 bits per heavy atom. The van der Waals surface area contributed by atoms with Crippen molar-refractivity contribution in [1.29, 1.82) is 0 Å². The molecule has 0 aliphatic heterocycles. The second kappa shape index (κ2) is 7.60. The van der Waals surface area contributed by atoms with Gasteiger partial charge in [-0.05, 0) is 38.7 Å². The number of carbonyl (C=O) groups is 1. The van der Waals surface area contributed by atoms with Crippen LogP contribution in [0.1, 0.15) is 11.1 Å². The van der Waals surface area contributed by atoms with Gasteiger partial charge in [0.2, 0.25) is 0 Å². The van der Waals surface area contributed by atoms with Gasteiger partial charge in [-0.2, -0.15) is 0 Å². The first-order chi connectivity index (χ1) is 13.2. The van der Waals surface area contributed by atoms with Crippen molar-refractivity contribution in [3.63, 3.8) is 0 Å². The summed E-state index contributed by atoms with van der Waals surface area (Å²) in [5, 5.41) is 14.1. The van der Waals surface area contributed by atoms with Crippen molar-refractivity contribution in [3.8, 4) is 0 Å². The first-order valence-electron chi connectivity index (χ1n) is 8.99. The number of aliphatic carboxylic acids is 1. The summed E-state index contributed by atoms with van der Waals surface area (Å²) < 4.78 is 5.75. The van der Waals surface area contributed by atoms with Crippen LogP contribution in [-0.4, -0.2) is 17.2 Å². The fourth-order valence-electron chi connectivity index (χ4n) is 3.32. The van der Waals surface area contributed by atoms with E-state index in [-0.39, 0.29) is 6.61 Å². The molecule has 0 radical (unpaired) electrons. The van der Waals surface area contributed by atoms with E-state index in [1.54, 1.807) is 0 Å². The van der Waals surface area contributed by atoms with Gasteiger partial charge in [-0.25, -0.2) is 4.79 Å². The number of carboxylic acids is 1. The molecule has 0 aromatic heterocycles. The molecule has 4 rings (SSSR count). The minimum absolute atomic E-state index is 0.273. The Hall–Kier alpha value is -3.17. The average Bonchev–Trinajstić information content (AvgIpc) is 2.70. The van der Waals surface area contributed by atoms with Crippen LogP contribution in [0, 0.1) is 0 Å². The molecule has 1 N–H and O–H groups in total. The summed E-state index contributed by atoms with van der Waals surface area (Å²) in [5.74, 6) is -0.941. The lowest BCUT2D eigenvalue weighted by Gasteiger charge is -2.15. The van der Waals surface area contributed by atoms with Crippen LogP contribution in [0.4, 0.5) is 0 Å². The third kappa shape index (κ3) is 3.99. The van der Waals surface area contributed by atoms with Crippen LogP contribution >= 0.6 is 0 Å². The molecule has 3 nitrogen and oxygen atoms in total. The summed E-state index contributed by atoms with van der Waals surface area (Å²) in [7, 11) is 0. The predicted octanol–water partition coefficient (Wildman–Crippen LogP) is 5.21. The van der Waals surface area contributed by atoms with Gasteiger partial charge in [-0.15, -0.1) is 0 Å². The summed E-state index contributed by atoms with van der Waals surface area (Å²) >= 11 is 0. The summed E-state index contributed by atoms with van der Waals surface area (Å²) in [6.07, 6.45) is -0.536. The highest BCUT2D eigenvalue weighted by Gasteiger charge is 2.19. The van der Waals surface area contributed by atoms with Crippen molar-refractivity contribution >= 4 is 27.5 Å². The van der Waals surface area contributed by atoms with Gasteiger partial charge in [0.15, 0.2) is 6.10 Å². The molecule has 0 fully saturated rings. The lowest BCUT2D eigenvalue weighted by molar-refractivity contribution is -0.151. The van der Waals surface area contributed by atoms with Gasteiger partial charge in [0.1, 0.15) is 0 Å². The number of carboxylic acid groups (broad SMARTS) is 1. The zero-order chi connectivity index (χ0) is 18.6. The minimum Gasteiger partial charge on any atom is -0.479 e. The summed E-state index contributed by atoms with van der Waals surface area (Å²) in [5.41, 5.74) is 1.93. The molecule has 1 atom stereocenters. The first-order valence-corrected chi connectivity index (χ1v) is 8.99. The van der Waals surface area contributed by atoms with E-state index in [2.05, 4.69) is 6.07 Å². The van der Waals surface area contributed by atoms with Crippen LogP contribution in [0.15, 0.2) is 84.9 Å². The topological polar surface area (TPSA) is 46.5 Å². The molecular weight excluding hydrogens is 336 g/mol. The Kier molecular flexibility index (Phi) is 4.86. The number of hydrogen-bond acceptors (Lipinski definition) is 2. The molecule has 4 aromatic carbocycles. The summed E-state index contributed by atoms with van der Waals surface area (Å²) in [6, 6.07) is 28.2. The maximum atomic E-state index is 11.7. The van der Waals surface area contributed by atoms with E-state index in [9.17, 15) is 9.90 Å². The Morgan fingerprint density at radius 1 is 0.741 bits per heavy atom. The number of benzene rings is 4. The molecule has 3 heteroatoms. The SMILES string of the molecule is O=C(O)[C@@H](Cc1ccc2ccccc2c1)OCc1ccc2ccccc2c1. The third-order valence-corrected chi connectivity index (χ3v) is 4.78. The molecule has 0 spiro atoms. The van der Waals surface area contributed by atoms with Gasteiger partial charge < -0.3 is 9.84 Å². The molecule has 134 valence electrons. The molecule has 0 heterocycles. The van der Waals surface area contributed by atoms with Gasteiger partial charge in [0, 0.05) is 6.42 Å². The van der Waals surface area contributed by atoms with Gasteiger partial charge in [-0.1, -0.05) is 78.9 Å². The lowest BCUT2D eigenvalue weighted by Crippen LogP contribution is -2.26. The smallest absolute Gasteiger partial charge is 0.333 e. The maximum absolute atomic E-state index is 11.7. The van der Waals surface area contributed by atoms with Crippen LogP contribution in [-0.2, 0) is 22.6 Å². The van der Waals surface area contributed by atoms with Gasteiger partial charge in [0.05, 0.1) is 6.61 Å². The largest absolute Gasteiger partial charge is 0.479 e. The Balaban J connectivity index is 1.49. The van der Waals surface area contributed by atoms with Crippen LogP contribution in [0.2, 0.25) is 0 Å². The second-order valence-corrected chi connectivity index (χ2v) is 6.71. The molecule has 0 amide bonds. The van der Waals surface area contributed by atoms with Crippen LogP contribution < -0.4 is 0 Å².